The highest BCUT2D eigenvalue weighted by molar-refractivity contribution is 9.08. The van der Waals surface area contributed by atoms with E-state index < -0.39 is 0 Å². The van der Waals surface area contributed by atoms with Crippen molar-refractivity contribution in [2.75, 3.05) is 13.1 Å². The van der Waals surface area contributed by atoms with Crippen LogP contribution in [0.15, 0.2) is 0 Å². The summed E-state index contributed by atoms with van der Waals surface area (Å²) in [6.07, 6.45) is 1.33. The van der Waals surface area contributed by atoms with E-state index in [4.69, 9.17) is 0 Å². The monoisotopic (exact) mass is 155 g/mol. The Morgan fingerprint density at radius 2 is 1.86 bits per heavy atom. The van der Waals surface area contributed by atoms with Crippen LogP contribution >= 0.6 is 32.5 Å². The molecule has 0 aromatic heterocycles. The third-order valence-electron chi connectivity index (χ3n) is 1.09. The van der Waals surface area contributed by atoms with Crippen LogP contribution in [0.4, 0.5) is 0 Å². The first-order valence-corrected chi connectivity index (χ1v) is 5.83. The molecule has 0 aliphatic carbocycles. The van der Waals surface area contributed by atoms with E-state index in [0.717, 1.165) is 0 Å². The van der Waals surface area contributed by atoms with Gasteiger partial charge in [-0.2, -0.15) is 0 Å². The third kappa shape index (κ3) is 1.45. The van der Waals surface area contributed by atoms with Crippen LogP contribution in [-0.4, -0.2) is 17.4 Å². The Morgan fingerprint density at radius 3 is 1.86 bits per heavy atom. The van der Waals surface area contributed by atoms with Gasteiger partial charge >= 0.3 is 0 Å². The van der Waals surface area contributed by atoms with Crippen LogP contribution in [0.2, 0.25) is 0 Å². The van der Waals surface area contributed by atoms with E-state index in [9.17, 15) is 0 Å². The smallest absolute Gasteiger partial charge is 0.00992 e. The number of rotatable bonds is 1. The summed E-state index contributed by atoms with van der Waals surface area (Å²) in [5.74, 6) is 0. The predicted molar refractivity (Wildman–Crippen MR) is 43.1 cm³/mol. The first-order chi connectivity index (χ1) is 3.30. The third-order valence-corrected chi connectivity index (χ3v) is 3.51. The van der Waals surface area contributed by atoms with Gasteiger partial charge in [-0.15, -0.1) is 32.5 Å². The summed E-state index contributed by atoms with van der Waals surface area (Å²) >= 11 is 8.36. The van der Waals surface area contributed by atoms with Crippen molar-refractivity contribution in [3.05, 3.63) is 0 Å². The Balaban J connectivity index is 2.14. The topological polar surface area (TPSA) is 3.24 Å². The van der Waals surface area contributed by atoms with Crippen molar-refractivity contribution >= 4 is 32.5 Å². The van der Waals surface area contributed by atoms with E-state index in [1.54, 1.807) is 0 Å². The first kappa shape index (κ1) is 6.13. The number of thiol groups is 3. The van der Waals surface area contributed by atoms with Crippen LogP contribution in [0.3, 0.4) is 0 Å². The molecule has 1 fully saturated rings. The normalized spacial score (nSPS) is 24.0. The molecule has 0 spiro atoms. The van der Waals surface area contributed by atoms with Gasteiger partial charge in [0.25, 0.3) is 0 Å². The fourth-order valence-corrected chi connectivity index (χ4v) is 2.19. The Hall–Kier alpha value is 1.01. The van der Waals surface area contributed by atoms with Gasteiger partial charge in [-0.1, -0.05) is 0 Å². The maximum atomic E-state index is 4.18. The summed E-state index contributed by atoms with van der Waals surface area (Å²) in [6, 6.07) is 0. The second-order valence-electron chi connectivity index (χ2n) is 1.58. The Kier molecular flexibility index (Phi) is 2.21. The van der Waals surface area contributed by atoms with Crippen molar-refractivity contribution in [2.45, 2.75) is 6.42 Å². The lowest BCUT2D eigenvalue weighted by molar-refractivity contribution is 0.346. The molecule has 1 heterocycles. The molecule has 0 atom stereocenters. The van der Waals surface area contributed by atoms with E-state index in [2.05, 4.69) is 27.6 Å². The van der Waals surface area contributed by atoms with Gasteiger partial charge in [-0.05, 0) is 6.42 Å². The van der Waals surface area contributed by atoms with Crippen molar-refractivity contribution in [2.24, 2.45) is 0 Å². The molecule has 7 heavy (non-hydrogen) atoms. The molecule has 0 N–H and O–H groups in total. The molecule has 1 aliphatic heterocycles. The fourth-order valence-electron chi connectivity index (χ4n) is 0.478. The average molecular weight is 155 g/mol. The molecule has 0 saturated carbocycles. The van der Waals surface area contributed by atoms with Crippen molar-refractivity contribution < 1.29 is 0 Å². The molecule has 0 aromatic rings. The summed E-state index contributed by atoms with van der Waals surface area (Å²) in [5.41, 5.74) is 0. The summed E-state index contributed by atoms with van der Waals surface area (Å²) in [5, 5.41) is 0. The molecule has 1 saturated heterocycles. The van der Waals surface area contributed by atoms with Crippen molar-refractivity contribution in [1.82, 2.24) is 4.31 Å². The van der Waals surface area contributed by atoms with Gasteiger partial charge in [-0.25, -0.2) is 0 Å². The minimum Gasteiger partial charge on any atom is -0.254 e. The molecule has 1 aliphatic rings. The van der Waals surface area contributed by atoms with Crippen molar-refractivity contribution in [1.29, 1.82) is 0 Å². The van der Waals surface area contributed by atoms with E-state index in [1.165, 1.54) is 19.5 Å². The van der Waals surface area contributed by atoms with Gasteiger partial charge < -0.3 is 0 Å². The van der Waals surface area contributed by atoms with E-state index in [0.29, 0.717) is 0 Å². The van der Waals surface area contributed by atoms with Gasteiger partial charge in [-0.3, -0.25) is 4.31 Å². The molecule has 4 heteroatoms. The molecular weight excluding hydrogens is 146 g/mol. The molecule has 0 amide bonds. The fraction of sp³-hybridized carbons (Fsp3) is 1.00. The molecule has 0 aromatic carbocycles. The zero-order chi connectivity index (χ0) is 5.28. The van der Waals surface area contributed by atoms with Crippen molar-refractivity contribution in [3.63, 3.8) is 0 Å². The summed E-state index contributed by atoms with van der Waals surface area (Å²) in [4.78, 5) is 0. The van der Waals surface area contributed by atoms with Gasteiger partial charge in [0.1, 0.15) is 0 Å². The average Bonchev–Trinajstić information content (AvgIpc) is 1.23. The van der Waals surface area contributed by atoms with Crippen LogP contribution in [0.5, 0.6) is 0 Å². The van der Waals surface area contributed by atoms with Crippen LogP contribution in [0.25, 0.3) is 0 Å². The lowest BCUT2D eigenvalue weighted by atomic mass is 10.3. The van der Waals surface area contributed by atoms with E-state index in [-0.39, 0.29) is 9.15 Å². The Morgan fingerprint density at radius 1 is 1.29 bits per heavy atom. The minimum atomic E-state index is -0.353. The highest BCUT2D eigenvalue weighted by Crippen LogP contribution is 2.42. The molecular formula is C3H9NS3. The highest BCUT2D eigenvalue weighted by atomic mass is 33.5. The van der Waals surface area contributed by atoms with E-state index in [1.807, 2.05) is 0 Å². The van der Waals surface area contributed by atoms with Crippen LogP contribution in [-0.2, 0) is 0 Å². The Labute approximate surface area is 56.6 Å². The van der Waals surface area contributed by atoms with Crippen LogP contribution in [0.1, 0.15) is 6.42 Å². The standard InChI is InChI=1S/C3H9NS3/c5-7(6)4-2-1-3-4/h5-7H,1-3H2. The van der Waals surface area contributed by atoms with Crippen LogP contribution < -0.4 is 0 Å². The summed E-state index contributed by atoms with van der Waals surface area (Å²) < 4.78 is 2.27. The zero-order valence-corrected chi connectivity index (χ0v) is 6.59. The van der Waals surface area contributed by atoms with Crippen molar-refractivity contribution in [3.8, 4) is 0 Å². The van der Waals surface area contributed by atoms with Gasteiger partial charge in [0, 0.05) is 13.1 Å². The maximum absolute atomic E-state index is 4.18. The van der Waals surface area contributed by atoms with E-state index >= 15 is 0 Å². The SMILES string of the molecule is S[SH](S)N1CCC1. The number of hydrogen-bond acceptors (Lipinski definition) is 3. The number of hydrogen-bond donors (Lipinski definition) is 3. The molecule has 0 radical (unpaired) electrons. The highest BCUT2D eigenvalue weighted by Gasteiger charge is 2.14. The lowest BCUT2D eigenvalue weighted by Gasteiger charge is -2.34. The lowest BCUT2D eigenvalue weighted by Crippen LogP contribution is -2.31. The predicted octanol–water partition coefficient (Wildman–Crippen LogP) is 1.30. The van der Waals surface area contributed by atoms with Gasteiger partial charge in [0.2, 0.25) is 0 Å². The Bertz CT molecular complexity index is 61.2. The molecule has 44 valence electrons. The molecule has 1 nitrogen and oxygen atoms in total. The largest absolute Gasteiger partial charge is 0.254 e. The molecule has 1 rings (SSSR count). The molecule has 0 bridgehead atoms. The summed E-state index contributed by atoms with van der Waals surface area (Å²) in [7, 11) is -0.353. The summed E-state index contributed by atoms with van der Waals surface area (Å²) in [6.45, 7) is 2.41. The second kappa shape index (κ2) is 2.53. The minimum absolute atomic E-state index is 0.353. The number of nitrogens with zero attached hydrogens (tertiary/aromatic N) is 1. The zero-order valence-electron chi connectivity index (χ0n) is 3.91. The first-order valence-electron chi connectivity index (χ1n) is 2.23. The maximum Gasteiger partial charge on any atom is 0.00992 e. The van der Waals surface area contributed by atoms with Gasteiger partial charge in [0.05, 0.1) is 0 Å². The molecule has 0 unspecified atom stereocenters. The van der Waals surface area contributed by atoms with Gasteiger partial charge in [0.15, 0.2) is 0 Å². The van der Waals surface area contributed by atoms with Crippen LogP contribution in [0, 0.1) is 0 Å². The quantitative estimate of drug-likeness (QED) is 0.380. The second-order valence-corrected chi connectivity index (χ2v) is 5.90.